The van der Waals surface area contributed by atoms with Gasteiger partial charge < -0.3 is 5.32 Å². The number of fused-ring (bicyclic) bond motifs is 3. The van der Waals surface area contributed by atoms with Crippen molar-refractivity contribution < 1.29 is 22.0 Å². The maximum Gasteiger partial charge on any atom is 0.412 e. The molecular weight excluding hydrogens is 361 g/mol. The average molecular weight is 381 g/mol. The first-order chi connectivity index (χ1) is 12.6. The van der Waals surface area contributed by atoms with Crippen LogP contribution in [0.4, 0.5) is 22.0 Å². The molecule has 0 spiro atoms. The van der Waals surface area contributed by atoms with Gasteiger partial charge in [0.2, 0.25) is 0 Å². The molecule has 1 N–H and O–H groups in total. The van der Waals surface area contributed by atoms with E-state index in [9.17, 15) is 22.0 Å². The van der Waals surface area contributed by atoms with Crippen LogP contribution in [0.15, 0.2) is 35.4 Å². The maximum atomic E-state index is 15.0. The van der Waals surface area contributed by atoms with E-state index in [1.807, 2.05) is 6.07 Å². The molecule has 1 aromatic carbocycles. The Kier molecular flexibility index (Phi) is 5.18. The summed E-state index contributed by atoms with van der Waals surface area (Å²) in [7, 11) is 0. The lowest BCUT2D eigenvalue weighted by molar-refractivity contribution is -0.0915. The first-order valence-corrected chi connectivity index (χ1v) is 8.79. The zero-order chi connectivity index (χ0) is 19.8. The third kappa shape index (κ3) is 3.79. The Bertz CT molecular complexity index is 839. The minimum absolute atomic E-state index is 0.165. The van der Waals surface area contributed by atoms with Gasteiger partial charge in [-0.2, -0.15) is 13.2 Å². The number of nitrogens with one attached hydrogen (secondary N) is 1. The fourth-order valence-corrected chi connectivity index (χ4v) is 3.98. The van der Waals surface area contributed by atoms with Crippen molar-refractivity contribution in [2.24, 2.45) is 0 Å². The summed E-state index contributed by atoms with van der Waals surface area (Å²) >= 11 is 0. The van der Waals surface area contributed by atoms with Gasteiger partial charge >= 0.3 is 6.18 Å². The van der Waals surface area contributed by atoms with Crippen LogP contribution in [0.25, 0.3) is 0 Å². The second-order valence-corrected chi connectivity index (χ2v) is 7.03. The van der Waals surface area contributed by atoms with Crippen LogP contribution in [-0.2, 0) is 19.3 Å². The lowest BCUT2D eigenvalue weighted by Crippen LogP contribution is -2.25. The van der Waals surface area contributed by atoms with Crippen molar-refractivity contribution in [1.29, 1.82) is 0 Å². The normalized spacial score (nSPS) is 22.6. The van der Waals surface area contributed by atoms with Gasteiger partial charge in [-0.25, -0.2) is 8.78 Å². The number of allylic oxidation sites excluding steroid dienone is 4. The summed E-state index contributed by atoms with van der Waals surface area (Å²) < 4.78 is 68.9. The van der Waals surface area contributed by atoms with Crippen molar-refractivity contribution in [2.45, 2.75) is 44.2 Å². The number of halogens is 5. The summed E-state index contributed by atoms with van der Waals surface area (Å²) in [6.07, 6.45) is 3.25. The van der Waals surface area contributed by atoms with Crippen molar-refractivity contribution in [3.05, 3.63) is 57.7 Å². The lowest BCUT2D eigenvalue weighted by atomic mass is 9.83. The van der Waals surface area contributed by atoms with Gasteiger partial charge in [0.15, 0.2) is 0 Å². The highest BCUT2D eigenvalue weighted by Crippen LogP contribution is 2.51. The molecule has 1 aliphatic carbocycles. The molecule has 0 amide bonds. The Morgan fingerprint density at radius 2 is 1.89 bits per heavy atom. The predicted octanol–water partition coefficient (Wildman–Crippen LogP) is 4.72. The number of hydrogen-bond acceptors (Lipinski definition) is 1. The molecule has 1 unspecified atom stereocenters. The summed E-state index contributed by atoms with van der Waals surface area (Å²) in [5.41, 5.74) is 1.62. The van der Waals surface area contributed by atoms with Crippen molar-refractivity contribution in [3.8, 4) is 12.3 Å². The first kappa shape index (κ1) is 19.6. The first-order valence-electron chi connectivity index (χ1n) is 8.79. The van der Waals surface area contributed by atoms with Crippen LogP contribution < -0.4 is 5.32 Å². The smallest absolute Gasteiger partial charge is 0.316 e. The molecule has 0 aromatic heterocycles. The Labute approximate surface area is 155 Å². The molecular formula is C21H20F5N. The molecule has 0 saturated carbocycles. The van der Waals surface area contributed by atoms with E-state index in [-0.39, 0.29) is 5.57 Å². The van der Waals surface area contributed by atoms with E-state index in [0.717, 1.165) is 36.7 Å². The second kappa shape index (κ2) is 7.12. The average Bonchev–Trinajstić information content (AvgIpc) is 2.72. The predicted molar refractivity (Wildman–Crippen MR) is 94.8 cm³/mol. The topological polar surface area (TPSA) is 12.0 Å². The fraction of sp³-hybridized carbons (Fsp3) is 0.429. The van der Waals surface area contributed by atoms with Gasteiger partial charge in [0.1, 0.15) is 0 Å². The minimum Gasteiger partial charge on any atom is -0.316 e. The Balaban J connectivity index is 2.18. The zero-order valence-corrected chi connectivity index (χ0v) is 14.9. The SMILES string of the molecule is C#C/C=C(\C=C(/C)C(F)(F)F)C1c2c(ccc3c2CCNCC3)CC1(F)F. The molecule has 6 heteroatoms. The molecule has 144 valence electrons. The molecule has 2 aliphatic rings. The molecule has 1 aromatic rings. The van der Waals surface area contributed by atoms with Crippen LogP contribution in [0.2, 0.25) is 0 Å². The largest absolute Gasteiger partial charge is 0.412 e. The van der Waals surface area contributed by atoms with Crippen LogP contribution in [-0.4, -0.2) is 25.2 Å². The molecule has 0 bridgehead atoms. The molecule has 0 radical (unpaired) electrons. The fourth-order valence-electron chi connectivity index (χ4n) is 3.98. The van der Waals surface area contributed by atoms with Gasteiger partial charge in [0.25, 0.3) is 5.92 Å². The number of rotatable bonds is 2. The van der Waals surface area contributed by atoms with Crippen LogP contribution in [0.3, 0.4) is 0 Å². The van der Waals surface area contributed by atoms with Crippen LogP contribution >= 0.6 is 0 Å². The number of alkyl halides is 5. The van der Waals surface area contributed by atoms with Crippen LogP contribution in [0, 0.1) is 12.3 Å². The third-order valence-electron chi connectivity index (χ3n) is 5.22. The Morgan fingerprint density at radius 1 is 1.22 bits per heavy atom. The monoisotopic (exact) mass is 381 g/mol. The standard InChI is InChI=1S/C21H20F5N/c1-3-4-15(11-13(2)21(24,25)26)19-18-16(12-20(19,22)23)6-5-14-7-9-27-10-8-17(14)18/h1,4-6,11,19,27H,7-10,12H2,2H3/b13-11+,15-4+. The minimum atomic E-state index is -4.60. The highest BCUT2D eigenvalue weighted by atomic mass is 19.4. The second-order valence-electron chi connectivity index (χ2n) is 7.03. The van der Waals surface area contributed by atoms with Crippen LogP contribution in [0.5, 0.6) is 0 Å². The van der Waals surface area contributed by atoms with Gasteiger partial charge in [-0.3, -0.25) is 0 Å². The molecule has 0 fully saturated rings. The molecule has 1 atom stereocenters. The van der Waals surface area contributed by atoms with Gasteiger partial charge in [0.05, 0.1) is 5.92 Å². The quantitative estimate of drug-likeness (QED) is 0.444. The highest BCUT2D eigenvalue weighted by molar-refractivity contribution is 5.55. The van der Waals surface area contributed by atoms with E-state index in [1.165, 1.54) is 0 Å². The van der Waals surface area contributed by atoms with Gasteiger partial charge in [-0.15, -0.1) is 6.42 Å². The summed E-state index contributed by atoms with van der Waals surface area (Å²) in [6.45, 7) is 2.26. The van der Waals surface area contributed by atoms with E-state index in [4.69, 9.17) is 6.42 Å². The van der Waals surface area contributed by atoms with Crippen molar-refractivity contribution in [2.75, 3.05) is 13.1 Å². The highest BCUT2D eigenvalue weighted by Gasteiger charge is 2.50. The molecule has 1 aliphatic heterocycles. The third-order valence-corrected chi connectivity index (χ3v) is 5.22. The molecule has 27 heavy (non-hydrogen) atoms. The van der Waals surface area contributed by atoms with Crippen molar-refractivity contribution >= 4 is 0 Å². The maximum absolute atomic E-state index is 15.0. The molecule has 0 saturated heterocycles. The summed E-state index contributed by atoms with van der Waals surface area (Å²) in [5, 5.41) is 3.23. The summed E-state index contributed by atoms with van der Waals surface area (Å²) in [6, 6.07) is 3.54. The Hall–Kier alpha value is -2.13. The van der Waals surface area contributed by atoms with Gasteiger partial charge in [-0.1, -0.05) is 18.1 Å². The number of terminal acetylenes is 1. The lowest BCUT2D eigenvalue weighted by Gasteiger charge is -2.24. The van der Waals surface area contributed by atoms with Crippen LogP contribution in [0.1, 0.15) is 35.1 Å². The molecule has 1 nitrogen and oxygen atoms in total. The van der Waals surface area contributed by atoms with Gasteiger partial charge in [-0.05, 0) is 72.8 Å². The van der Waals surface area contributed by atoms with Crippen molar-refractivity contribution in [3.63, 3.8) is 0 Å². The Morgan fingerprint density at radius 3 is 2.56 bits per heavy atom. The molecule has 1 heterocycles. The summed E-state index contributed by atoms with van der Waals surface area (Å²) in [4.78, 5) is 0. The van der Waals surface area contributed by atoms with Crippen molar-refractivity contribution in [1.82, 2.24) is 5.32 Å². The summed E-state index contributed by atoms with van der Waals surface area (Å²) in [5.74, 6) is -2.51. The van der Waals surface area contributed by atoms with E-state index < -0.39 is 30.0 Å². The van der Waals surface area contributed by atoms with E-state index in [2.05, 4.69) is 11.2 Å². The van der Waals surface area contributed by atoms with Gasteiger partial charge in [0, 0.05) is 12.0 Å². The van der Waals surface area contributed by atoms with E-state index in [0.29, 0.717) is 30.5 Å². The number of benzene rings is 1. The van der Waals surface area contributed by atoms with E-state index in [1.54, 1.807) is 6.07 Å². The molecule has 3 rings (SSSR count). The zero-order valence-electron chi connectivity index (χ0n) is 14.9. The number of hydrogen-bond donors (Lipinski definition) is 1. The van der Waals surface area contributed by atoms with E-state index >= 15 is 0 Å².